The van der Waals surface area contributed by atoms with E-state index < -0.39 is 16.0 Å². The number of hydrogen-bond donors (Lipinski definition) is 1. The van der Waals surface area contributed by atoms with Crippen molar-refractivity contribution in [3.63, 3.8) is 0 Å². The fourth-order valence-corrected chi connectivity index (χ4v) is 5.66. The molecule has 1 saturated heterocycles. The van der Waals surface area contributed by atoms with Crippen molar-refractivity contribution in [3.8, 4) is 0 Å². The van der Waals surface area contributed by atoms with Crippen LogP contribution in [0, 0.1) is 6.92 Å². The molecule has 0 spiro atoms. The van der Waals surface area contributed by atoms with Gasteiger partial charge in [-0.3, -0.25) is 0 Å². The van der Waals surface area contributed by atoms with Crippen LogP contribution in [0.15, 0.2) is 10.3 Å². The molecule has 0 bridgehead atoms. The number of piperazine rings is 1. The highest BCUT2D eigenvalue weighted by Gasteiger charge is 2.36. The van der Waals surface area contributed by atoms with Crippen molar-refractivity contribution in [2.45, 2.75) is 31.2 Å². The van der Waals surface area contributed by atoms with E-state index >= 15 is 0 Å². The van der Waals surface area contributed by atoms with Crippen LogP contribution in [-0.2, 0) is 10.0 Å². The molecular weight excluding hydrogens is 312 g/mol. The molecule has 118 valence electrons. The second kappa shape index (κ2) is 6.04. The van der Waals surface area contributed by atoms with Gasteiger partial charge in [-0.2, -0.15) is 4.31 Å². The molecule has 2 heterocycles. The Bertz CT molecular complexity index is 639. The molecule has 0 saturated carbocycles. The second-order valence-electron chi connectivity index (χ2n) is 5.29. The van der Waals surface area contributed by atoms with Crippen molar-refractivity contribution in [2.75, 3.05) is 26.7 Å². The van der Waals surface area contributed by atoms with Crippen molar-refractivity contribution in [3.05, 3.63) is 15.8 Å². The Kier molecular flexibility index (Phi) is 4.72. The van der Waals surface area contributed by atoms with E-state index in [0.29, 0.717) is 25.2 Å². The molecule has 0 radical (unpaired) electrons. The first-order valence-corrected chi connectivity index (χ1v) is 9.12. The summed E-state index contributed by atoms with van der Waals surface area (Å²) in [6.07, 6.45) is 0.858. The Morgan fingerprint density at radius 3 is 2.71 bits per heavy atom. The molecule has 2 rings (SSSR count). The van der Waals surface area contributed by atoms with Crippen LogP contribution < -0.4 is 0 Å². The van der Waals surface area contributed by atoms with Crippen LogP contribution in [0.1, 0.15) is 28.6 Å². The van der Waals surface area contributed by atoms with Gasteiger partial charge in [0.05, 0.1) is 0 Å². The smallest absolute Gasteiger partial charge is 0.347 e. The van der Waals surface area contributed by atoms with E-state index in [1.807, 2.05) is 14.0 Å². The van der Waals surface area contributed by atoms with E-state index in [1.165, 1.54) is 4.31 Å². The molecule has 1 aromatic rings. The third-order valence-electron chi connectivity index (χ3n) is 3.92. The van der Waals surface area contributed by atoms with Gasteiger partial charge in [0.25, 0.3) is 0 Å². The number of carbonyl (C=O) groups is 1. The van der Waals surface area contributed by atoms with Gasteiger partial charge >= 0.3 is 5.97 Å². The number of carboxylic acids is 1. The summed E-state index contributed by atoms with van der Waals surface area (Å²) in [5.41, 5.74) is 0.504. The highest BCUT2D eigenvalue weighted by atomic mass is 32.2. The average Bonchev–Trinajstić information content (AvgIpc) is 2.81. The summed E-state index contributed by atoms with van der Waals surface area (Å²) in [5.74, 6) is -1.19. The topological polar surface area (TPSA) is 77.9 Å². The molecule has 0 aromatic carbocycles. The zero-order valence-corrected chi connectivity index (χ0v) is 14.0. The van der Waals surface area contributed by atoms with Gasteiger partial charge in [0.2, 0.25) is 10.0 Å². The summed E-state index contributed by atoms with van der Waals surface area (Å²) in [4.78, 5) is 13.3. The van der Waals surface area contributed by atoms with E-state index in [-0.39, 0.29) is 15.8 Å². The number of aromatic carboxylic acids is 1. The van der Waals surface area contributed by atoms with E-state index in [0.717, 1.165) is 17.8 Å². The van der Waals surface area contributed by atoms with E-state index in [2.05, 4.69) is 4.90 Å². The summed E-state index contributed by atoms with van der Waals surface area (Å²) in [5, 5.41) is 10.8. The lowest BCUT2D eigenvalue weighted by Gasteiger charge is -2.38. The predicted molar refractivity (Wildman–Crippen MR) is 81.5 cm³/mol. The van der Waals surface area contributed by atoms with E-state index in [9.17, 15) is 18.3 Å². The molecule has 1 aromatic heterocycles. The highest BCUT2D eigenvalue weighted by molar-refractivity contribution is 7.89. The summed E-state index contributed by atoms with van der Waals surface area (Å²) in [7, 11) is -1.77. The van der Waals surface area contributed by atoms with Gasteiger partial charge in [-0.1, -0.05) is 6.92 Å². The molecule has 0 aliphatic carbocycles. The number of sulfonamides is 1. The lowest BCUT2D eigenvalue weighted by molar-refractivity contribution is 0.0697. The zero-order chi connectivity index (χ0) is 15.8. The third-order valence-corrected chi connectivity index (χ3v) is 7.19. The number of carboxylic acid groups (broad SMARTS) is 1. The van der Waals surface area contributed by atoms with Crippen LogP contribution in [-0.4, -0.2) is 61.4 Å². The minimum atomic E-state index is -3.76. The van der Waals surface area contributed by atoms with Crippen molar-refractivity contribution >= 4 is 27.3 Å². The fraction of sp³-hybridized carbons (Fsp3) is 0.615. The number of rotatable bonds is 4. The van der Waals surface area contributed by atoms with Crippen LogP contribution in [0.25, 0.3) is 0 Å². The summed E-state index contributed by atoms with van der Waals surface area (Å²) in [6.45, 7) is 5.12. The molecule has 1 fully saturated rings. The summed E-state index contributed by atoms with van der Waals surface area (Å²) < 4.78 is 27.0. The largest absolute Gasteiger partial charge is 0.477 e. The zero-order valence-electron chi connectivity index (χ0n) is 12.4. The van der Waals surface area contributed by atoms with Crippen LogP contribution in [0.3, 0.4) is 0 Å². The number of thiophene rings is 1. The summed E-state index contributed by atoms with van der Waals surface area (Å²) >= 11 is 0.966. The Morgan fingerprint density at radius 2 is 2.14 bits per heavy atom. The van der Waals surface area contributed by atoms with Crippen molar-refractivity contribution in [2.24, 2.45) is 0 Å². The lowest BCUT2D eigenvalue weighted by Crippen LogP contribution is -2.53. The normalized spacial score (nSPS) is 21.6. The summed E-state index contributed by atoms with van der Waals surface area (Å²) in [6, 6.07) is 0.167. The van der Waals surface area contributed by atoms with Gasteiger partial charge in [0, 0.05) is 25.7 Å². The van der Waals surface area contributed by atoms with Crippen LogP contribution in [0.4, 0.5) is 0 Å². The van der Waals surface area contributed by atoms with Gasteiger partial charge in [-0.15, -0.1) is 11.3 Å². The SMILES string of the molecule is CCC1CN(S(=O)(=O)c2c(C)csc2C(=O)O)CCN1C. The first-order valence-electron chi connectivity index (χ1n) is 6.80. The molecule has 1 aliphatic heterocycles. The van der Waals surface area contributed by atoms with Gasteiger partial charge < -0.3 is 10.0 Å². The molecule has 0 amide bonds. The number of likely N-dealkylation sites (N-methyl/N-ethyl adjacent to an activating group) is 1. The first kappa shape index (κ1) is 16.4. The lowest BCUT2D eigenvalue weighted by atomic mass is 10.1. The molecule has 1 N–H and O–H groups in total. The Morgan fingerprint density at radius 1 is 1.48 bits per heavy atom. The predicted octanol–water partition coefficient (Wildman–Crippen LogP) is 1.47. The van der Waals surface area contributed by atoms with E-state index in [4.69, 9.17) is 0 Å². The molecule has 1 aliphatic rings. The number of nitrogens with zero attached hydrogens (tertiary/aromatic N) is 2. The minimum Gasteiger partial charge on any atom is -0.477 e. The van der Waals surface area contributed by atoms with Gasteiger partial charge in [0.15, 0.2) is 0 Å². The third kappa shape index (κ3) is 2.98. The molecular formula is C13H20N2O4S2. The van der Waals surface area contributed by atoms with Crippen molar-refractivity contribution in [1.29, 1.82) is 0 Å². The average molecular weight is 332 g/mol. The standard InChI is InChI=1S/C13H20N2O4S2/c1-4-10-7-15(6-5-14(10)3)21(18,19)12-9(2)8-20-11(12)13(16)17/h8,10H,4-7H2,1-3H3,(H,16,17). The quantitative estimate of drug-likeness (QED) is 0.903. The fourth-order valence-electron chi connectivity index (χ4n) is 2.61. The Hall–Kier alpha value is -0.960. The van der Waals surface area contributed by atoms with Gasteiger partial charge in [0.1, 0.15) is 9.77 Å². The molecule has 1 unspecified atom stereocenters. The molecule has 1 atom stereocenters. The second-order valence-corrected chi connectivity index (χ2v) is 8.04. The maximum absolute atomic E-state index is 12.8. The van der Waals surface area contributed by atoms with Crippen LogP contribution in [0.2, 0.25) is 0 Å². The van der Waals surface area contributed by atoms with Crippen molar-refractivity contribution < 1.29 is 18.3 Å². The van der Waals surface area contributed by atoms with E-state index in [1.54, 1.807) is 12.3 Å². The van der Waals surface area contributed by atoms with Crippen molar-refractivity contribution in [1.82, 2.24) is 9.21 Å². The Balaban J connectivity index is 2.39. The maximum Gasteiger partial charge on any atom is 0.347 e. The van der Waals surface area contributed by atoms with Crippen LogP contribution >= 0.6 is 11.3 Å². The molecule has 8 heteroatoms. The van der Waals surface area contributed by atoms with Crippen LogP contribution in [0.5, 0.6) is 0 Å². The number of aryl methyl sites for hydroxylation is 1. The number of hydrogen-bond acceptors (Lipinski definition) is 5. The highest BCUT2D eigenvalue weighted by Crippen LogP contribution is 2.30. The Labute approximate surface area is 129 Å². The monoisotopic (exact) mass is 332 g/mol. The molecule has 6 nitrogen and oxygen atoms in total. The van der Waals surface area contributed by atoms with Gasteiger partial charge in [-0.25, -0.2) is 13.2 Å². The minimum absolute atomic E-state index is 0.0422. The maximum atomic E-state index is 12.8. The van der Waals surface area contributed by atoms with Gasteiger partial charge in [-0.05, 0) is 31.3 Å². The molecule has 21 heavy (non-hydrogen) atoms. The first-order chi connectivity index (χ1) is 9.78.